The smallest absolute Gasteiger partial charge is 0.226 e. The number of H-pyrrole nitrogens is 1. The fourth-order valence-electron chi connectivity index (χ4n) is 1.90. The first kappa shape index (κ1) is 13.2. The van der Waals surface area contributed by atoms with Crippen LogP contribution in [0.4, 0.5) is 11.6 Å². The summed E-state index contributed by atoms with van der Waals surface area (Å²) >= 11 is 5.95. The average molecular weight is 293 g/mol. The molecule has 20 heavy (non-hydrogen) atoms. The third-order valence-electron chi connectivity index (χ3n) is 3.42. The molecule has 0 unspecified atom stereocenters. The van der Waals surface area contributed by atoms with Crippen LogP contribution in [-0.4, -0.2) is 26.2 Å². The number of nitrogens with zero attached hydrogens (tertiary/aromatic N) is 3. The number of hydrogen-bond donors (Lipinski definition) is 3. The van der Waals surface area contributed by atoms with Gasteiger partial charge in [-0.15, -0.1) is 0 Å². The highest BCUT2D eigenvalue weighted by Gasteiger charge is 2.21. The van der Waals surface area contributed by atoms with E-state index in [0.717, 1.165) is 22.8 Å². The Kier molecular flexibility index (Phi) is 3.48. The summed E-state index contributed by atoms with van der Waals surface area (Å²) in [5.41, 5.74) is 3.22. The van der Waals surface area contributed by atoms with E-state index in [1.165, 1.54) is 12.8 Å². The molecular formula is C13H17ClN6. The number of anilines is 2. The number of rotatable bonds is 5. The predicted molar refractivity (Wildman–Crippen MR) is 79.1 cm³/mol. The standard InChI is InChI=1S/C13H17ClN6/c1-7-8(2)19-20-10(7)6-15-11-5-12(16-9-3-4-9)18-13(14)17-11/h5,9H,3-4,6H2,1-2H3,(H,19,20)(H2,15,16,17,18). The molecule has 1 fully saturated rings. The lowest BCUT2D eigenvalue weighted by Gasteiger charge is -2.08. The number of nitrogens with one attached hydrogen (secondary N) is 3. The molecule has 0 aliphatic heterocycles. The number of aryl methyl sites for hydroxylation is 1. The van der Waals surface area contributed by atoms with Crippen molar-refractivity contribution < 1.29 is 0 Å². The lowest BCUT2D eigenvalue weighted by atomic mass is 10.2. The topological polar surface area (TPSA) is 78.5 Å². The van der Waals surface area contributed by atoms with E-state index in [1.54, 1.807) is 0 Å². The molecule has 1 aliphatic carbocycles. The third kappa shape index (κ3) is 3.01. The summed E-state index contributed by atoms with van der Waals surface area (Å²) in [6.45, 7) is 4.65. The largest absolute Gasteiger partial charge is 0.367 e. The average Bonchev–Trinajstić information content (AvgIpc) is 3.15. The first-order valence-corrected chi connectivity index (χ1v) is 7.05. The summed E-state index contributed by atoms with van der Waals surface area (Å²) in [5.74, 6) is 1.47. The van der Waals surface area contributed by atoms with E-state index < -0.39 is 0 Å². The van der Waals surface area contributed by atoms with Gasteiger partial charge in [0.05, 0.1) is 12.2 Å². The van der Waals surface area contributed by atoms with Crippen molar-refractivity contribution in [2.75, 3.05) is 10.6 Å². The van der Waals surface area contributed by atoms with Crippen molar-refractivity contribution in [2.24, 2.45) is 0 Å². The van der Waals surface area contributed by atoms with Crippen molar-refractivity contribution in [3.05, 3.63) is 28.3 Å². The van der Waals surface area contributed by atoms with Crippen LogP contribution >= 0.6 is 11.6 Å². The third-order valence-corrected chi connectivity index (χ3v) is 3.59. The van der Waals surface area contributed by atoms with Gasteiger partial charge in [-0.25, -0.2) is 9.97 Å². The van der Waals surface area contributed by atoms with Gasteiger partial charge in [-0.3, -0.25) is 5.10 Å². The molecular weight excluding hydrogens is 276 g/mol. The molecule has 0 bridgehead atoms. The molecule has 0 aromatic carbocycles. The van der Waals surface area contributed by atoms with Crippen molar-refractivity contribution in [2.45, 2.75) is 39.3 Å². The van der Waals surface area contributed by atoms with Crippen LogP contribution < -0.4 is 10.6 Å². The Morgan fingerprint density at radius 3 is 2.70 bits per heavy atom. The molecule has 0 spiro atoms. The molecule has 2 heterocycles. The lowest BCUT2D eigenvalue weighted by Crippen LogP contribution is -2.07. The highest BCUT2D eigenvalue weighted by molar-refractivity contribution is 6.28. The number of hydrogen-bond acceptors (Lipinski definition) is 5. The second kappa shape index (κ2) is 5.28. The van der Waals surface area contributed by atoms with Gasteiger partial charge in [-0.1, -0.05) is 0 Å². The minimum Gasteiger partial charge on any atom is -0.367 e. The summed E-state index contributed by atoms with van der Waals surface area (Å²) in [6, 6.07) is 2.41. The van der Waals surface area contributed by atoms with Crippen LogP contribution in [0.3, 0.4) is 0 Å². The monoisotopic (exact) mass is 292 g/mol. The summed E-state index contributed by atoms with van der Waals surface area (Å²) in [7, 11) is 0. The maximum absolute atomic E-state index is 5.95. The highest BCUT2D eigenvalue weighted by atomic mass is 35.5. The van der Waals surface area contributed by atoms with Gasteiger partial charge in [0.15, 0.2) is 0 Å². The Morgan fingerprint density at radius 2 is 2.05 bits per heavy atom. The Labute approximate surface area is 122 Å². The van der Waals surface area contributed by atoms with E-state index in [2.05, 4.69) is 30.8 Å². The zero-order valence-electron chi connectivity index (χ0n) is 11.5. The molecule has 6 nitrogen and oxygen atoms in total. The zero-order valence-corrected chi connectivity index (χ0v) is 12.3. The predicted octanol–water partition coefficient (Wildman–Crippen LogP) is 2.66. The van der Waals surface area contributed by atoms with Crippen LogP contribution in [0.15, 0.2) is 6.07 Å². The van der Waals surface area contributed by atoms with Gasteiger partial charge in [0.2, 0.25) is 5.28 Å². The minimum atomic E-state index is 0.244. The maximum Gasteiger partial charge on any atom is 0.226 e. The molecule has 0 saturated heterocycles. The molecule has 1 aliphatic rings. The van der Waals surface area contributed by atoms with Gasteiger partial charge in [0.25, 0.3) is 0 Å². The number of aromatic nitrogens is 4. The fourth-order valence-corrected chi connectivity index (χ4v) is 2.08. The SMILES string of the molecule is Cc1[nH]nc(CNc2cc(NC3CC3)nc(Cl)n2)c1C. The molecule has 0 radical (unpaired) electrons. The van der Waals surface area contributed by atoms with Crippen LogP contribution in [0.25, 0.3) is 0 Å². The Hall–Kier alpha value is -1.82. The van der Waals surface area contributed by atoms with Gasteiger partial charge in [0, 0.05) is 17.8 Å². The molecule has 3 rings (SSSR count). The summed E-state index contributed by atoms with van der Waals surface area (Å²) in [6.07, 6.45) is 2.38. The minimum absolute atomic E-state index is 0.244. The zero-order chi connectivity index (χ0) is 14.1. The van der Waals surface area contributed by atoms with E-state index >= 15 is 0 Å². The van der Waals surface area contributed by atoms with E-state index in [-0.39, 0.29) is 5.28 Å². The van der Waals surface area contributed by atoms with Crippen LogP contribution in [0.5, 0.6) is 0 Å². The van der Waals surface area contributed by atoms with Crippen molar-refractivity contribution in [3.8, 4) is 0 Å². The summed E-state index contributed by atoms with van der Waals surface area (Å²) < 4.78 is 0. The quantitative estimate of drug-likeness (QED) is 0.739. The molecule has 7 heteroatoms. The molecule has 2 aromatic rings. The van der Waals surface area contributed by atoms with E-state index in [1.807, 2.05) is 19.9 Å². The van der Waals surface area contributed by atoms with Crippen LogP contribution in [0.2, 0.25) is 5.28 Å². The first-order valence-electron chi connectivity index (χ1n) is 6.67. The molecule has 3 N–H and O–H groups in total. The maximum atomic E-state index is 5.95. The van der Waals surface area contributed by atoms with Crippen molar-refractivity contribution >= 4 is 23.2 Å². The van der Waals surface area contributed by atoms with E-state index in [0.29, 0.717) is 18.4 Å². The summed E-state index contributed by atoms with van der Waals surface area (Å²) in [4.78, 5) is 8.35. The Morgan fingerprint density at radius 1 is 1.30 bits per heavy atom. The van der Waals surface area contributed by atoms with Crippen molar-refractivity contribution in [1.82, 2.24) is 20.2 Å². The van der Waals surface area contributed by atoms with Crippen LogP contribution in [0.1, 0.15) is 29.8 Å². The second-order valence-corrected chi connectivity index (χ2v) is 5.44. The fraction of sp³-hybridized carbons (Fsp3) is 0.462. The highest BCUT2D eigenvalue weighted by Crippen LogP contribution is 2.25. The second-order valence-electron chi connectivity index (χ2n) is 5.10. The molecule has 0 amide bonds. The van der Waals surface area contributed by atoms with Crippen molar-refractivity contribution in [3.63, 3.8) is 0 Å². The molecule has 2 aromatic heterocycles. The Bertz CT molecular complexity index is 619. The number of halogens is 1. The molecule has 0 atom stereocenters. The van der Waals surface area contributed by atoms with Gasteiger partial charge in [-0.05, 0) is 43.9 Å². The molecule has 1 saturated carbocycles. The lowest BCUT2D eigenvalue weighted by molar-refractivity contribution is 0.957. The normalized spacial score (nSPS) is 14.3. The van der Waals surface area contributed by atoms with E-state index in [9.17, 15) is 0 Å². The molecule has 106 valence electrons. The van der Waals surface area contributed by atoms with E-state index in [4.69, 9.17) is 11.6 Å². The van der Waals surface area contributed by atoms with Gasteiger partial charge in [0.1, 0.15) is 11.6 Å². The van der Waals surface area contributed by atoms with Gasteiger partial charge >= 0.3 is 0 Å². The summed E-state index contributed by atoms with van der Waals surface area (Å²) in [5, 5.41) is 14.0. The van der Waals surface area contributed by atoms with Crippen LogP contribution in [-0.2, 0) is 6.54 Å². The number of aromatic amines is 1. The van der Waals surface area contributed by atoms with Crippen molar-refractivity contribution in [1.29, 1.82) is 0 Å². The van der Waals surface area contributed by atoms with Gasteiger partial charge in [-0.2, -0.15) is 5.10 Å². The first-order chi connectivity index (χ1) is 9.61. The van der Waals surface area contributed by atoms with Gasteiger partial charge < -0.3 is 10.6 Å². The Balaban J connectivity index is 1.69. The van der Waals surface area contributed by atoms with Crippen LogP contribution in [0, 0.1) is 13.8 Å².